The number of rotatable bonds is 8. The van der Waals surface area contributed by atoms with E-state index in [9.17, 15) is 39.6 Å². The minimum absolute atomic E-state index is 0.0154. The molecule has 2 aromatic carbocycles. The molecule has 4 aliphatic rings. The Kier molecular flexibility index (Phi) is 16.0. The highest BCUT2D eigenvalue weighted by atomic mass is 16.7. The molecule has 0 radical (unpaired) electrons. The monoisotopic (exact) mass is 956 g/mol. The lowest BCUT2D eigenvalue weighted by Crippen LogP contribution is -2.47. The number of amides is 1. The highest BCUT2D eigenvalue weighted by Crippen LogP contribution is 2.50. The van der Waals surface area contributed by atoms with Gasteiger partial charge in [-0.05, 0) is 31.8 Å². The van der Waals surface area contributed by atoms with E-state index in [-0.39, 0.29) is 62.1 Å². The van der Waals surface area contributed by atoms with Crippen LogP contribution in [0.3, 0.4) is 0 Å². The van der Waals surface area contributed by atoms with Crippen LogP contribution in [0.1, 0.15) is 97.5 Å². The predicted molar refractivity (Wildman–Crippen MR) is 256 cm³/mol. The molecule has 69 heavy (non-hydrogen) atoms. The Hall–Kier alpha value is -5.80. The first kappa shape index (κ1) is 52.6. The predicted octanol–water partition coefficient (Wildman–Crippen LogP) is 4.93. The van der Waals surface area contributed by atoms with Crippen LogP contribution in [0.15, 0.2) is 46.1 Å². The van der Waals surface area contributed by atoms with Crippen LogP contribution in [0.4, 0.5) is 5.69 Å². The zero-order valence-electron chi connectivity index (χ0n) is 41.5. The minimum Gasteiger partial charge on any atom is -0.507 e. The van der Waals surface area contributed by atoms with Crippen molar-refractivity contribution in [3.8, 4) is 29.6 Å². The maximum atomic E-state index is 14.9. The van der Waals surface area contributed by atoms with E-state index in [1.54, 1.807) is 39.8 Å². The van der Waals surface area contributed by atoms with Gasteiger partial charge in [0.15, 0.2) is 11.4 Å². The van der Waals surface area contributed by atoms with Gasteiger partial charge in [0.25, 0.3) is 11.7 Å². The first-order valence-corrected chi connectivity index (χ1v) is 23.7. The van der Waals surface area contributed by atoms with E-state index in [4.69, 9.17) is 40.1 Å². The average Bonchev–Trinajstić information content (AvgIpc) is 3.80. The third-order valence-corrected chi connectivity index (χ3v) is 13.6. The number of allylic oxidation sites excluding steroid dienone is 2. The quantitative estimate of drug-likeness (QED) is 0.102. The highest BCUT2D eigenvalue weighted by molar-refractivity contribution is 6.19. The Balaban J connectivity index is 1.50. The number of carbonyl (C=O) groups is 4. The number of methoxy groups -OCH3 is 1. The van der Waals surface area contributed by atoms with Crippen LogP contribution in [-0.4, -0.2) is 118 Å². The fraction of sp³-hybridized carbons (Fsp3) is 0.577. The largest absolute Gasteiger partial charge is 0.507 e. The first-order valence-electron chi connectivity index (χ1n) is 23.7. The summed E-state index contributed by atoms with van der Waals surface area (Å²) in [5, 5.41) is 50.6. The van der Waals surface area contributed by atoms with E-state index >= 15 is 0 Å². The van der Waals surface area contributed by atoms with E-state index in [1.807, 2.05) is 13.8 Å². The number of fused-ring (bicyclic) bond motifs is 1. The molecule has 4 heterocycles. The smallest absolute Gasteiger partial charge is 0.317 e. The molecular weight excluding hydrogens is 889 g/mol. The SMILES string of the molecule is C#C[C@H]1[C@@H](OC(=O)CC(=O)OCC(C)C)[C@H](C)[C@H](O)[C@H](C)[C@@H](O)[C@@H](C)/C=C/C=C(/C)C(=O)Nc2c(O)c3c(O)c(C)c4c(c3c3c2=NC2(CCN(CC(C)C)CC2)N=3)C(=O)[C@@](C)(O/C=C/[C@@H]1OC)O4. The molecule has 2 aromatic rings. The number of terminal acetylenes is 1. The maximum absolute atomic E-state index is 14.9. The van der Waals surface area contributed by atoms with Gasteiger partial charge >= 0.3 is 17.7 Å². The van der Waals surface area contributed by atoms with Crippen LogP contribution in [0.5, 0.6) is 17.2 Å². The Morgan fingerprint density at radius 1 is 0.957 bits per heavy atom. The lowest BCUT2D eigenvalue weighted by Gasteiger charge is -2.37. The average molecular weight is 957 g/mol. The third kappa shape index (κ3) is 10.7. The fourth-order valence-corrected chi connectivity index (χ4v) is 9.51. The second kappa shape index (κ2) is 21.1. The molecule has 374 valence electrons. The molecule has 1 spiro atoms. The van der Waals surface area contributed by atoms with E-state index in [0.29, 0.717) is 31.8 Å². The van der Waals surface area contributed by atoms with Crippen LogP contribution in [0, 0.1) is 54.8 Å². The molecule has 1 amide bonds. The number of aromatic hydroxyl groups is 2. The van der Waals surface area contributed by atoms with Crippen molar-refractivity contribution in [3.63, 3.8) is 0 Å². The van der Waals surface area contributed by atoms with Crippen molar-refractivity contribution < 1.29 is 63.3 Å². The second-order valence-corrected chi connectivity index (χ2v) is 19.9. The molecule has 0 unspecified atom stereocenters. The van der Waals surface area contributed by atoms with Crippen molar-refractivity contribution in [3.05, 3.63) is 58.0 Å². The van der Waals surface area contributed by atoms with Crippen LogP contribution < -0.4 is 20.8 Å². The number of hydrogen-bond donors (Lipinski definition) is 5. The number of phenols is 2. The second-order valence-electron chi connectivity index (χ2n) is 19.9. The number of ketones is 1. The summed E-state index contributed by atoms with van der Waals surface area (Å²) < 4.78 is 29.3. The van der Waals surface area contributed by atoms with Gasteiger partial charge in [0.05, 0.1) is 53.4 Å². The van der Waals surface area contributed by atoms with E-state index in [1.165, 1.54) is 33.1 Å². The summed E-state index contributed by atoms with van der Waals surface area (Å²) >= 11 is 0. The number of aliphatic hydroxyl groups excluding tert-OH is 2. The maximum Gasteiger partial charge on any atom is 0.317 e. The van der Waals surface area contributed by atoms with Gasteiger partial charge in [0.1, 0.15) is 35.1 Å². The number of ether oxygens (including phenoxy) is 5. The number of hydrogen-bond acceptors (Lipinski definition) is 16. The van der Waals surface area contributed by atoms with Gasteiger partial charge < -0.3 is 54.3 Å². The number of phenolic OH excluding ortho intramolecular Hbond substituents is 2. The Bertz CT molecular complexity index is 2610. The molecule has 4 aliphatic heterocycles. The molecule has 9 atom stereocenters. The molecule has 1 fully saturated rings. The molecule has 0 aromatic heterocycles. The van der Waals surface area contributed by atoms with E-state index in [2.05, 4.69) is 30.0 Å². The van der Waals surface area contributed by atoms with Gasteiger partial charge in [-0.1, -0.05) is 72.6 Å². The van der Waals surface area contributed by atoms with Crippen molar-refractivity contribution in [2.45, 2.75) is 124 Å². The summed E-state index contributed by atoms with van der Waals surface area (Å²) in [4.78, 5) is 67.5. The Morgan fingerprint density at radius 3 is 2.25 bits per heavy atom. The minimum atomic E-state index is -2.07. The number of aliphatic hydroxyl groups is 2. The number of nitrogens with one attached hydrogen (secondary N) is 1. The summed E-state index contributed by atoms with van der Waals surface area (Å²) in [6.45, 7) is 19.7. The van der Waals surface area contributed by atoms with E-state index in [0.717, 1.165) is 12.8 Å². The van der Waals surface area contributed by atoms with Crippen molar-refractivity contribution in [1.29, 1.82) is 0 Å². The number of piperidine rings is 1. The molecule has 17 heteroatoms. The van der Waals surface area contributed by atoms with Crippen molar-refractivity contribution >= 4 is 40.1 Å². The molecule has 6 rings (SSSR count). The summed E-state index contributed by atoms with van der Waals surface area (Å²) in [6.07, 6.45) is 8.79. The van der Waals surface area contributed by atoms with Gasteiger partial charge in [-0.15, -0.1) is 6.42 Å². The van der Waals surface area contributed by atoms with Crippen molar-refractivity contribution in [2.24, 2.45) is 45.5 Å². The molecule has 17 nitrogen and oxygen atoms in total. The lowest BCUT2D eigenvalue weighted by molar-refractivity contribution is -0.166. The van der Waals surface area contributed by atoms with Crippen molar-refractivity contribution in [1.82, 2.24) is 4.90 Å². The molecular formula is C52H68N4O13. The summed E-state index contributed by atoms with van der Waals surface area (Å²) in [5.41, 5.74) is -0.816. The number of benzene rings is 2. The fourth-order valence-electron chi connectivity index (χ4n) is 9.51. The number of likely N-dealkylation sites (tertiary alicyclic amines) is 1. The number of Topliss-reactive ketones (excluding diaryl/α,β-unsaturated/α-hetero) is 1. The molecule has 5 N–H and O–H groups in total. The lowest BCUT2D eigenvalue weighted by atomic mass is 9.78. The third-order valence-electron chi connectivity index (χ3n) is 13.6. The summed E-state index contributed by atoms with van der Waals surface area (Å²) in [5.74, 6) is -6.61. The normalized spacial score (nSPS) is 30.1. The zero-order chi connectivity index (χ0) is 50.9. The molecule has 0 aliphatic carbocycles. The van der Waals surface area contributed by atoms with Gasteiger partial charge in [-0.2, -0.15) is 0 Å². The van der Waals surface area contributed by atoms with Gasteiger partial charge in [0.2, 0.25) is 0 Å². The Labute approximate surface area is 403 Å². The standard InChI is InChI=1S/C52H68N4O13/c1-13-33-34(65-12)17-22-67-51(11)49(63)39-37-38(45(61)32(10)48(39)69-51)46(62)42(41-40(37)54-52(55-41)18-20-56(21-19-52)24-26(2)3)53-50(64)29(7)16-14-15-28(6)43(59)30(8)44(60)31(9)47(33)68-36(58)23-35(57)66-25-27(4)5/h1,14-17,22,26-28,30-31,33-34,43-44,47,59-62H,18-21,23-25H2,2-12H3,(H,53,64)/b15-14+,22-17+,29-16-/t28-,30+,31+,33+,34-,43-,44+,47-,51-/m0/s1. The van der Waals surface area contributed by atoms with E-state index < -0.39 is 101 Å². The number of nitrogens with zero attached hydrogens (tertiary/aromatic N) is 3. The molecule has 1 saturated heterocycles. The molecule has 0 saturated carbocycles. The Morgan fingerprint density at radius 2 is 1.62 bits per heavy atom. The highest BCUT2D eigenvalue weighted by Gasteiger charge is 2.50. The van der Waals surface area contributed by atoms with Gasteiger partial charge in [-0.3, -0.25) is 29.2 Å². The number of esters is 2. The van der Waals surface area contributed by atoms with Crippen LogP contribution in [-0.2, 0) is 33.3 Å². The topological polar surface area (TPSA) is 235 Å². The van der Waals surface area contributed by atoms with Crippen LogP contribution in [0.2, 0.25) is 0 Å². The van der Waals surface area contributed by atoms with Crippen LogP contribution >= 0.6 is 0 Å². The van der Waals surface area contributed by atoms with Gasteiger partial charge in [0, 0.05) is 80.8 Å². The van der Waals surface area contributed by atoms with Crippen molar-refractivity contribution in [2.75, 3.05) is 38.7 Å². The number of anilines is 1. The summed E-state index contributed by atoms with van der Waals surface area (Å²) in [6, 6.07) is 0. The molecule has 4 bridgehead atoms. The number of carbonyl (C=O) groups excluding carboxylic acids is 4. The first-order chi connectivity index (χ1) is 32.5. The van der Waals surface area contributed by atoms with Gasteiger partial charge in [-0.25, -0.2) is 0 Å². The van der Waals surface area contributed by atoms with Crippen LogP contribution in [0.25, 0.3) is 10.8 Å². The zero-order valence-corrected chi connectivity index (χ0v) is 41.5. The summed E-state index contributed by atoms with van der Waals surface area (Å²) in [7, 11) is 1.35.